The fraction of sp³-hybridized carbons (Fsp3) is 1.00. The van der Waals surface area contributed by atoms with Crippen molar-refractivity contribution in [1.29, 1.82) is 0 Å². The second-order valence-electron chi connectivity index (χ2n) is 6.79. The highest BCUT2D eigenvalue weighted by Crippen LogP contribution is 2.32. The topological polar surface area (TPSA) is 46.2 Å². The van der Waals surface area contributed by atoms with Crippen LogP contribution in [0.4, 0.5) is 0 Å². The average Bonchev–Trinajstić information content (AvgIpc) is 2.25. The molecule has 0 saturated heterocycles. The molecule has 0 aromatic rings. The first kappa shape index (κ1) is 16.0. The van der Waals surface area contributed by atoms with Gasteiger partial charge in [0.15, 0.2) is 9.84 Å². The van der Waals surface area contributed by atoms with Crippen molar-refractivity contribution in [3.8, 4) is 0 Å². The summed E-state index contributed by atoms with van der Waals surface area (Å²) in [6, 6.07) is 0.497. The van der Waals surface area contributed by atoms with Gasteiger partial charge in [-0.3, -0.25) is 0 Å². The highest BCUT2D eigenvalue weighted by atomic mass is 32.2. The van der Waals surface area contributed by atoms with Crippen molar-refractivity contribution in [2.24, 2.45) is 11.8 Å². The number of hydrogen-bond donors (Lipinski definition) is 1. The average molecular weight is 275 g/mol. The lowest BCUT2D eigenvalue weighted by Crippen LogP contribution is -2.40. The minimum absolute atomic E-state index is 0.325. The van der Waals surface area contributed by atoms with Crippen molar-refractivity contribution in [3.05, 3.63) is 0 Å². The Kier molecular flexibility index (Phi) is 5.24. The van der Waals surface area contributed by atoms with Gasteiger partial charge in [0.1, 0.15) is 0 Å². The van der Waals surface area contributed by atoms with Crippen molar-refractivity contribution in [1.82, 2.24) is 5.32 Å². The Morgan fingerprint density at radius 2 is 1.83 bits per heavy atom. The van der Waals surface area contributed by atoms with Crippen LogP contribution in [0.3, 0.4) is 0 Å². The highest BCUT2D eigenvalue weighted by Gasteiger charge is 2.32. The van der Waals surface area contributed by atoms with E-state index in [9.17, 15) is 8.42 Å². The molecule has 1 saturated carbocycles. The third kappa shape index (κ3) is 3.95. The van der Waals surface area contributed by atoms with E-state index in [1.165, 1.54) is 12.8 Å². The molecule has 0 heterocycles. The molecule has 0 aromatic heterocycles. The monoisotopic (exact) mass is 275 g/mol. The van der Waals surface area contributed by atoms with Crippen LogP contribution in [0.15, 0.2) is 0 Å². The van der Waals surface area contributed by atoms with E-state index < -0.39 is 14.6 Å². The van der Waals surface area contributed by atoms with Crippen LogP contribution in [-0.2, 0) is 9.84 Å². The van der Waals surface area contributed by atoms with E-state index >= 15 is 0 Å². The van der Waals surface area contributed by atoms with Gasteiger partial charge in [-0.05, 0) is 65.3 Å². The predicted molar refractivity (Wildman–Crippen MR) is 77.5 cm³/mol. The van der Waals surface area contributed by atoms with E-state index in [4.69, 9.17) is 0 Å². The lowest BCUT2D eigenvalue weighted by Gasteiger charge is -2.35. The summed E-state index contributed by atoms with van der Waals surface area (Å²) < 4.78 is 23.7. The lowest BCUT2D eigenvalue weighted by molar-refractivity contribution is 0.216. The van der Waals surface area contributed by atoms with Crippen LogP contribution in [-0.4, -0.2) is 32.0 Å². The van der Waals surface area contributed by atoms with Crippen molar-refractivity contribution in [2.75, 3.05) is 12.8 Å². The molecule has 0 aromatic carbocycles. The smallest absolute Gasteiger partial charge is 0.155 e. The summed E-state index contributed by atoms with van der Waals surface area (Å²) in [5.41, 5.74) is 0. The summed E-state index contributed by atoms with van der Waals surface area (Å²) in [6.07, 6.45) is 4.40. The van der Waals surface area contributed by atoms with Crippen LogP contribution >= 0.6 is 0 Å². The summed E-state index contributed by atoms with van der Waals surface area (Å²) in [6.45, 7) is 7.65. The summed E-state index contributed by atoms with van der Waals surface area (Å²) in [4.78, 5) is 0. The molecule has 1 aliphatic carbocycles. The Labute approximate surface area is 113 Å². The summed E-state index contributed by atoms with van der Waals surface area (Å²) >= 11 is 0. The van der Waals surface area contributed by atoms with Crippen molar-refractivity contribution >= 4 is 9.84 Å². The highest BCUT2D eigenvalue weighted by molar-refractivity contribution is 7.92. The molecule has 4 heteroatoms. The molecule has 3 nitrogen and oxygen atoms in total. The standard InChI is InChI=1S/C14H29NO2S/c1-11-6-7-13(15-5)12(10-11)8-9-18(16,17)14(2,3)4/h11-13,15H,6-10H2,1-5H3. The second-order valence-corrected chi connectivity index (χ2v) is 9.66. The van der Waals surface area contributed by atoms with Gasteiger partial charge in [-0.1, -0.05) is 6.92 Å². The molecule has 1 rings (SSSR count). The molecule has 0 spiro atoms. The maximum Gasteiger partial charge on any atom is 0.155 e. The first-order valence-corrected chi connectivity index (χ1v) is 8.72. The van der Waals surface area contributed by atoms with E-state index in [0.717, 1.165) is 18.8 Å². The van der Waals surface area contributed by atoms with Gasteiger partial charge < -0.3 is 5.32 Å². The Morgan fingerprint density at radius 1 is 1.22 bits per heavy atom. The first-order valence-electron chi connectivity index (χ1n) is 7.07. The van der Waals surface area contributed by atoms with Gasteiger partial charge in [0.05, 0.1) is 10.5 Å². The Bertz CT molecular complexity index is 356. The van der Waals surface area contributed by atoms with E-state index in [2.05, 4.69) is 12.2 Å². The van der Waals surface area contributed by atoms with Gasteiger partial charge in [-0.25, -0.2) is 8.42 Å². The second kappa shape index (κ2) is 5.91. The van der Waals surface area contributed by atoms with Crippen LogP contribution in [0.2, 0.25) is 0 Å². The van der Waals surface area contributed by atoms with Crippen LogP contribution in [0.25, 0.3) is 0 Å². The molecule has 0 radical (unpaired) electrons. The molecule has 3 unspecified atom stereocenters. The summed E-state index contributed by atoms with van der Waals surface area (Å²) in [5.74, 6) is 1.57. The zero-order valence-electron chi connectivity index (χ0n) is 12.5. The molecule has 108 valence electrons. The number of hydrogen-bond acceptors (Lipinski definition) is 3. The molecule has 0 amide bonds. The van der Waals surface area contributed by atoms with E-state index in [1.54, 1.807) is 20.8 Å². The largest absolute Gasteiger partial charge is 0.317 e. The molecule has 1 fully saturated rings. The zero-order valence-corrected chi connectivity index (χ0v) is 13.3. The Morgan fingerprint density at radius 3 is 2.33 bits per heavy atom. The predicted octanol–water partition coefficient (Wildman–Crippen LogP) is 2.61. The molecule has 18 heavy (non-hydrogen) atoms. The summed E-state index contributed by atoms with van der Waals surface area (Å²) in [5, 5.41) is 3.35. The first-order chi connectivity index (χ1) is 8.17. The molecule has 1 aliphatic rings. The van der Waals surface area contributed by atoms with Gasteiger partial charge in [0, 0.05) is 6.04 Å². The number of nitrogens with one attached hydrogen (secondary N) is 1. The van der Waals surface area contributed by atoms with Crippen LogP contribution < -0.4 is 5.32 Å². The molecule has 3 atom stereocenters. The SMILES string of the molecule is CNC1CCC(C)CC1CCS(=O)(=O)C(C)(C)C. The van der Waals surface area contributed by atoms with E-state index in [1.807, 2.05) is 7.05 Å². The molecular weight excluding hydrogens is 246 g/mol. The van der Waals surface area contributed by atoms with Gasteiger partial charge in [0.25, 0.3) is 0 Å². The minimum Gasteiger partial charge on any atom is -0.317 e. The summed E-state index contributed by atoms with van der Waals surface area (Å²) in [7, 11) is -0.982. The molecule has 1 N–H and O–H groups in total. The van der Waals surface area contributed by atoms with Gasteiger partial charge in [-0.15, -0.1) is 0 Å². The van der Waals surface area contributed by atoms with E-state index in [0.29, 0.717) is 17.7 Å². The maximum atomic E-state index is 12.2. The quantitative estimate of drug-likeness (QED) is 0.858. The van der Waals surface area contributed by atoms with Gasteiger partial charge >= 0.3 is 0 Å². The van der Waals surface area contributed by atoms with Crippen molar-refractivity contribution in [3.63, 3.8) is 0 Å². The minimum atomic E-state index is -2.97. The fourth-order valence-electron chi connectivity index (χ4n) is 2.81. The zero-order chi connectivity index (χ0) is 14.0. The van der Waals surface area contributed by atoms with Gasteiger partial charge in [0.2, 0.25) is 0 Å². The van der Waals surface area contributed by atoms with Crippen LogP contribution in [0, 0.1) is 11.8 Å². The third-order valence-electron chi connectivity index (χ3n) is 4.31. The van der Waals surface area contributed by atoms with Crippen molar-refractivity contribution < 1.29 is 8.42 Å². The maximum absolute atomic E-state index is 12.2. The number of rotatable bonds is 4. The van der Waals surface area contributed by atoms with E-state index in [-0.39, 0.29) is 0 Å². The molecule has 0 aliphatic heterocycles. The molecule has 0 bridgehead atoms. The van der Waals surface area contributed by atoms with Crippen LogP contribution in [0.5, 0.6) is 0 Å². The van der Waals surface area contributed by atoms with Crippen LogP contribution in [0.1, 0.15) is 53.4 Å². The Hall–Kier alpha value is -0.0900. The normalized spacial score (nSPS) is 30.4. The Balaban J connectivity index is 2.61. The van der Waals surface area contributed by atoms with Gasteiger partial charge in [-0.2, -0.15) is 0 Å². The molecular formula is C14H29NO2S. The fourth-order valence-corrected chi connectivity index (χ4v) is 4.04. The van der Waals surface area contributed by atoms with Crippen molar-refractivity contribution in [2.45, 2.75) is 64.2 Å². The number of sulfone groups is 1. The lowest BCUT2D eigenvalue weighted by atomic mass is 9.77. The third-order valence-corrected chi connectivity index (χ3v) is 6.94.